The van der Waals surface area contributed by atoms with Crippen LogP contribution in [0.1, 0.15) is 23.0 Å². The van der Waals surface area contributed by atoms with E-state index in [1.165, 1.54) is 0 Å². The fourth-order valence-corrected chi connectivity index (χ4v) is 4.32. The molecule has 1 atom stereocenters. The predicted molar refractivity (Wildman–Crippen MR) is 126 cm³/mol. The van der Waals surface area contributed by atoms with Gasteiger partial charge in [-0.1, -0.05) is 60.7 Å². The Morgan fingerprint density at radius 3 is 2.34 bits per heavy atom. The number of benzene rings is 3. The van der Waals surface area contributed by atoms with Gasteiger partial charge in [0.05, 0.1) is 29.4 Å². The van der Waals surface area contributed by atoms with Gasteiger partial charge >= 0.3 is 0 Å². The number of sulfonamides is 1. The molecule has 0 spiro atoms. The van der Waals surface area contributed by atoms with Gasteiger partial charge in [-0.15, -0.1) is 0 Å². The quantitative estimate of drug-likeness (QED) is 0.453. The molecule has 0 aliphatic heterocycles. The molecule has 0 radical (unpaired) electrons. The lowest BCUT2D eigenvalue weighted by Gasteiger charge is -2.20. The van der Waals surface area contributed by atoms with Crippen molar-refractivity contribution in [3.8, 4) is 0 Å². The molecule has 1 heterocycles. The van der Waals surface area contributed by atoms with Crippen LogP contribution in [0.15, 0.2) is 78.9 Å². The van der Waals surface area contributed by atoms with E-state index in [1.54, 1.807) is 24.3 Å². The lowest BCUT2D eigenvalue weighted by Crippen LogP contribution is -2.32. The number of nitrogens with one attached hydrogen (secondary N) is 2. The van der Waals surface area contributed by atoms with E-state index in [2.05, 4.69) is 10.0 Å². The van der Waals surface area contributed by atoms with Crippen LogP contribution in [0, 0.1) is 0 Å². The first-order valence-corrected chi connectivity index (χ1v) is 12.0. The number of carbonyl (C=O) groups excluding carboxylic acids is 1. The van der Waals surface area contributed by atoms with Crippen LogP contribution in [0.5, 0.6) is 0 Å². The van der Waals surface area contributed by atoms with Crippen molar-refractivity contribution in [1.29, 1.82) is 0 Å². The van der Waals surface area contributed by atoms with Gasteiger partial charge in [-0.05, 0) is 29.3 Å². The van der Waals surface area contributed by atoms with Gasteiger partial charge in [0.2, 0.25) is 15.9 Å². The Balaban J connectivity index is 1.66. The molecular formula is C24H24N4O3S. The summed E-state index contributed by atoms with van der Waals surface area (Å²) in [7, 11) is -1.53. The number of para-hydroxylation sites is 3. The smallest absolute Gasteiger partial charge is 0.229 e. The fraction of sp³-hybridized carbons (Fsp3) is 0.167. The van der Waals surface area contributed by atoms with E-state index in [0.29, 0.717) is 17.1 Å². The third kappa shape index (κ3) is 4.81. The first-order chi connectivity index (χ1) is 15.3. The average Bonchev–Trinajstić information content (AvgIpc) is 3.09. The minimum Gasteiger partial charge on any atom is -0.342 e. The van der Waals surface area contributed by atoms with Gasteiger partial charge in [-0.3, -0.25) is 9.52 Å². The Morgan fingerprint density at radius 1 is 0.969 bits per heavy atom. The van der Waals surface area contributed by atoms with Crippen molar-refractivity contribution in [2.75, 3.05) is 11.0 Å². The lowest BCUT2D eigenvalue weighted by atomic mass is 10.0. The number of amides is 1. The summed E-state index contributed by atoms with van der Waals surface area (Å²) in [6.45, 7) is 0. The van der Waals surface area contributed by atoms with Crippen molar-refractivity contribution in [2.45, 2.75) is 12.5 Å². The van der Waals surface area contributed by atoms with Gasteiger partial charge in [0.25, 0.3) is 0 Å². The van der Waals surface area contributed by atoms with Crippen LogP contribution >= 0.6 is 0 Å². The van der Waals surface area contributed by atoms with Gasteiger partial charge in [-0.25, -0.2) is 13.4 Å². The van der Waals surface area contributed by atoms with Crippen LogP contribution < -0.4 is 10.0 Å². The minimum absolute atomic E-state index is 0.0198. The zero-order chi connectivity index (χ0) is 22.7. The normalized spacial score (nSPS) is 12.4. The van der Waals surface area contributed by atoms with Crippen LogP contribution in [-0.2, 0) is 28.3 Å². The van der Waals surface area contributed by atoms with Crippen LogP contribution in [0.4, 0.5) is 5.69 Å². The number of imidazole rings is 1. The standard InChI is InChI=1S/C24H24N4O3S/c1-28-21-15-9-8-14-20(21)25-24(28)23(17-10-4-3-5-11-17)26-22(29)16-18-12-6-7-13-19(18)27-32(2,30)31/h3-15,23,27H,16H2,1-2H3,(H,26,29). The van der Waals surface area contributed by atoms with E-state index < -0.39 is 16.1 Å². The largest absolute Gasteiger partial charge is 0.342 e. The van der Waals surface area contributed by atoms with E-state index in [1.807, 2.05) is 66.2 Å². The first kappa shape index (κ1) is 21.6. The summed E-state index contributed by atoms with van der Waals surface area (Å²) in [4.78, 5) is 17.9. The predicted octanol–water partition coefficient (Wildman–Crippen LogP) is 3.39. The molecule has 8 heteroatoms. The van der Waals surface area contributed by atoms with Crippen LogP contribution in [0.25, 0.3) is 11.0 Å². The summed E-state index contributed by atoms with van der Waals surface area (Å²) < 4.78 is 27.8. The molecule has 0 saturated heterocycles. The molecule has 3 aromatic carbocycles. The summed E-state index contributed by atoms with van der Waals surface area (Å²) in [5.41, 5.74) is 3.71. The number of nitrogens with zero attached hydrogens (tertiary/aromatic N) is 2. The van der Waals surface area contributed by atoms with E-state index in [-0.39, 0.29) is 12.3 Å². The molecule has 1 amide bonds. The molecule has 0 fully saturated rings. The molecule has 32 heavy (non-hydrogen) atoms. The Labute approximate surface area is 187 Å². The molecule has 0 aliphatic carbocycles. The van der Waals surface area contributed by atoms with Gasteiger partial charge in [0.1, 0.15) is 11.9 Å². The number of rotatable bonds is 7. The molecule has 0 aliphatic rings. The third-order valence-electron chi connectivity index (χ3n) is 5.18. The molecule has 1 aromatic heterocycles. The number of anilines is 1. The second-order valence-electron chi connectivity index (χ2n) is 7.64. The number of aromatic nitrogens is 2. The number of carbonyl (C=O) groups is 1. The van der Waals surface area contributed by atoms with E-state index >= 15 is 0 Å². The fourth-order valence-electron chi connectivity index (χ4n) is 3.72. The lowest BCUT2D eigenvalue weighted by molar-refractivity contribution is -0.121. The molecule has 0 saturated carbocycles. The number of hydrogen-bond acceptors (Lipinski definition) is 4. The maximum absolute atomic E-state index is 13.1. The molecule has 4 aromatic rings. The number of aryl methyl sites for hydroxylation is 1. The zero-order valence-corrected chi connectivity index (χ0v) is 18.6. The Kier molecular flexibility index (Phi) is 5.96. The number of fused-ring (bicyclic) bond motifs is 1. The Morgan fingerprint density at radius 2 is 1.62 bits per heavy atom. The molecule has 164 valence electrons. The Hall–Kier alpha value is -3.65. The summed E-state index contributed by atoms with van der Waals surface area (Å²) >= 11 is 0. The van der Waals surface area contributed by atoms with Crippen molar-refractivity contribution in [2.24, 2.45) is 7.05 Å². The highest BCUT2D eigenvalue weighted by Crippen LogP contribution is 2.25. The maximum Gasteiger partial charge on any atom is 0.229 e. The third-order valence-corrected chi connectivity index (χ3v) is 5.77. The first-order valence-electron chi connectivity index (χ1n) is 10.1. The topological polar surface area (TPSA) is 93.1 Å². The van der Waals surface area contributed by atoms with Crippen LogP contribution in [0.2, 0.25) is 0 Å². The second-order valence-corrected chi connectivity index (χ2v) is 9.39. The van der Waals surface area contributed by atoms with Crippen molar-refractivity contribution in [3.63, 3.8) is 0 Å². The monoisotopic (exact) mass is 448 g/mol. The maximum atomic E-state index is 13.1. The molecule has 0 bridgehead atoms. The second kappa shape index (κ2) is 8.84. The van der Waals surface area contributed by atoms with E-state index in [0.717, 1.165) is 22.9 Å². The zero-order valence-electron chi connectivity index (χ0n) is 17.8. The van der Waals surface area contributed by atoms with Gasteiger partial charge < -0.3 is 9.88 Å². The van der Waals surface area contributed by atoms with Crippen molar-refractivity contribution < 1.29 is 13.2 Å². The SMILES string of the molecule is Cn1c(C(NC(=O)Cc2ccccc2NS(C)(=O)=O)c2ccccc2)nc2ccccc21. The minimum atomic E-state index is -3.46. The van der Waals surface area contributed by atoms with Gasteiger partial charge in [0.15, 0.2) is 0 Å². The number of hydrogen-bond donors (Lipinski definition) is 2. The Bertz CT molecular complexity index is 1360. The van der Waals surface area contributed by atoms with Crippen molar-refractivity contribution >= 4 is 32.7 Å². The molecule has 2 N–H and O–H groups in total. The summed E-state index contributed by atoms with van der Waals surface area (Å²) in [6.07, 6.45) is 1.10. The van der Waals surface area contributed by atoms with Crippen LogP contribution in [0.3, 0.4) is 0 Å². The molecule has 1 unspecified atom stereocenters. The summed E-state index contributed by atoms with van der Waals surface area (Å²) in [5.74, 6) is 0.474. The highest BCUT2D eigenvalue weighted by Gasteiger charge is 2.23. The highest BCUT2D eigenvalue weighted by atomic mass is 32.2. The average molecular weight is 449 g/mol. The van der Waals surface area contributed by atoms with Crippen molar-refractivity contribution in [3.05, 3.63) is 95.8 Å². The highest BCUT2D eigenvalue weighted by molar-refractivity contribution is 7.92. The van der Waals surface area contributed by atoms with Crippen LogP contribution in [-0.4, -0.2) is 30.1 Å². The summed E-state index contributed by atoms with van der Waals surface area (Å²) in [6, 6.07) is 23.9. The van der Waals surface area contributed by atoms with Gasteiger partial charge in [-0.2, -0.15) is 0 Å². The van der Waals surface area contributed by atoms with E-state index in [4.69, 9.17) is 4.98 Å². The molecule has 4 rings (SSSR count). The molecule has 7 nitrogen and oxygen atoms in total. The molecular weight excluding hydrogens is 424 g/mol. The summed E-state index contributed by atoms with van der Waals surface area (Å²) in [5, 5.41) is 3.09. The van der Waals surface area contributed by atoms with Gasteiger partial charge in [0, 0.05) is 7.05 Å². The van der Waals surface area contributed by atoms with Crippen molar-refractivity contribution in [1.82, 2.24) is 14.9 Å². The van der Waals surface area contributed by atoms with E-state index in [9.17, 15) is 13.2 Å².